The minimum Gasteiger partial charge on any atom is -0.369 e. The van der Waals surface area contributed by atoms with Crippen molar-refractivity contribution in [2.45, 2.75) is 12.0 Å². The highest BCUT2D eigenvalue weighted by atomic mass is 16.5. The van der Waals surface area contributed by atoms with Crippen LogP contribution in [0.5, 0.6) is 0 Å². The van der Waals surface area contributed by atoms with E-state index in [9.17, 15) is 0 Å². The third-order valence-electron chi connectivity index (χ3n) is 4.85. The van der Waals surface area contributed by atoms with Gasteiger partial charge in [0.25, 0.3) is 0 Å². The lowest BCUT2D eigenvalue weighted by Crippen LogP contribution is -2.34. The van der Waals surface area contributed by atoms with E-state index in [2.05, 4.69) is 90.3 Å². The molecule has 2 heteroatoms. The van der Waals surface area contributed by atoms with Crippen LogP contribution in [0.25, 0.3) is 6.08 Å². The quantitative estimate of drug-likeness (QED) is 0.527. The molecule has 3 aromatic rings. The molecular formula is C25H27NO. The molecule has 3 rings (SSSR count). The zero-order chi connectivity index (χ0) is 18.8. The van der Waals surface area contributed by atoms with Crippen molar-refractivity contribution in [2.75, 3.05) is 20.2 Å². The largest absolute Gasteiger partial charge is 0.369 e. The minimum absolute atomic E-state index is 0.446. The second kappa shape index (κ2) is 9.86. The van der Waals surface area contributed by atoms with Gasteiger partial charge in [-0.3, -0.25) is 0 Å². The predicted octanol–water partition coefficient (Wildman–Crippen LogP) is 5.27. The number of hydrogen-bond donors (Lipinski definition) is 1. The first-order valence-electron chi connectivity index (χ1n) is 9.44. The Hall–Kier alpha value is -2.68. The van der Waals surface area contributed by atoms with Crippen molar-refractivity contribution < 1.29 is 4.74 Å². The maximum absolute atomic E-state index is 6.13. The average Bonchev–Trinajstić information content (AvgIpc) is 2.75. The number of ether oxygens (including phenoxy) is 1. The highest BCUT2D eigenvalue weighted by Gasteiger charge is 2.33. The summed E-state index contributed by atoms with van der Waals surface area (Å²) in [7, 11) is 1.80. The van der Waals surface area contributed by atoms with E-state index in [-0.39, 0.29) is 0 Å². The van der Waals surface area contributed by atoms with Gasteiger partial charge in [0.1, 0.15) is 5.60 Å². The van der Waals surface area contributed by atoms with Gasteiger partial charge in [0.2, 0.25) is 0 Å². The van der Waals surface area contributed by atoms with E-state index in [0.29, 0.717) is 0 Å². The molecule has 0 bridgehead atoms. The Labute approximate surface area is 162 Å². The molecular weight excluding hydrogens is 330 g/mol. The fourth-order valence-electron chi connectivity index (χ4n) is 3.42. The van der Waals surface area contributed by atoms with Crippen molar-refractivity contribution >= 4 is 6.08 Å². The SMILES string of the molecule is COC(CCNCC=Cc1ccccc1)(c1ccccc1)c1ccccc1. The van der Waals surface area contributed by atoms with E-state index in [0.717, 1.165) is 19.5 Å². The maximum atomic E-state index is 6.13. The fraction of sp³-hybridized carbons (Fsp3) is 0.200. The highest BCUT2D eigenvalue weighted by Crippen LogP contribution is 2.36. The van der Waals surface area contributed by atoms with Crippen molar-refractivity contribution in [1.29, 1.82) is 0 Å². The Morgan fingerprint density at radius 3 is 1.81 bits per heavy atom. The molecule has 0 aliphatic heterocycles. The summed E-state index contributed by atoms with van der Waals surface area (Å²) < 4.78 is 6.13. The number of benzene rings is 3. The van der Waals surface area contributed by atoms with Gasteiger partial charge in [-0.1, -0.05) is 103 Å². The van der Waals surface area contributed by atoms with Crippen LogP contribution in [0.4, 0.5) is 0 Å². The molecule has 0 saturated carbocycles. The lowest BCUT2D eigenvalue weighted by atomic mass is 9.83. The summed E-state index contributed by atoms with van der Waals surface area (Å²) in [6.07, 6.45) is 5.16. The first kappa shape index (κ1) is 19.1. The Kier molecular flexibility index (Phi) is 6.97. The van der Waals surface area contributed by atoms with Crippen LogP contribution in [-0.4, -0.2) is 20.2 Å². The lowest BCUT2D eigenvalue weighted by Gasteiger charge is -2.34. The number of nitrogens with one attached hydrogen (secondary N) is 1. The van der Waals surface area contributed by atoms with E-state index in [1.165, 1.54) is 16.7 Å². The van der Waals surface area contributed by atoms with Crippen molar-refractivity contribution in [3.8, 4) is 0 Å². The van der Waals surface area contributed by atoms with Gasteiger partial charge in [-0.25, -0.2) is 0 Å². The van der Waals surface area contributed by atoms with E-state index < -0.39 is 5.60 Å². The second-order valence-electron chi connectivity index (χ2n) is 6.53. The van der Waals surface area contributed by atoms with Crippen molar-refractivity contribution in [1.82, 2.24) is 5.32 Å². The Bertz CT molecular complexity index is 773. The zero-order valence-electron chi connectivity index (χ0n) is 15.8. The molecule has 3 aromatic carbocycles. The molecule has 0 fully saturated rings. The summed E-state index contributed by atoms with van der Waals surface area (Å²) in [6.45, 7) is 1.69. The van der Waals surface area contributed by atoms with Crippen molar-refractivity contribution in [3.05, 3.63) is 114 Å². The molecule has 0 amide bonds. The van der Waals surface area contributed by atoms with Crippen LogP contribution < -0.4 is 5.32 Å². The minimum atomic E-state index is -0.446. The third-order valence-corrected chi connectivity index (χ3v) is 4.85. The fourth-order valence-corrected chi connectivity index (χ4v) is 3.42. The van der Waals surface area contributed by atoms with Gasteiger partial charge in [0.15, 0.2) is 0 Å². The molecule has 0 saturated heterocycles. The smallest absolute Gasteiger partial charge is 0.119 e. The molecule has 0 heterocycles. The Balaban J connectivity index is 1.67. The highest BCUT2D eigenvalue weighted by molar-refractivity contribution is 5.48. The molecule has 2 nitrogen and oxygen atoms in total. The molecule has 0 unspecified atom stereocenters. The van der Waals surface area contributed by atoms with Crippen LogP contribution in [0.15, 0.2) is 97.1 Å². The molecule has 0 spiro atoms. The third kappa shape index (κ3) is 4.94. The van der Waals surface area contributed by atoms with Crippen LogP contribution in [-0.2, 0) is 10.3 Å². The van der Waals surface area contributed by atoms with Crippen molar-refractivity contribution in [3.63, 3.8) is 0 Å². The van der Waals surface area contributed by atoms with Gasteiger partial charge >= 0.3 is 0 Å². The number of rotatable bonds is 9. The first-order valence-corrected chi connectivity index (χ1v) is 9.44. The van der Waals surface area contributed by atoms with Gasteiger partial charge in [0.05, 0.1) is 0 Å². The maximum Gasteiger partial charge on any atom is 0.119 e. The molecule has 0 aliphatic rings. The molecule has 27 heavy (non-hydrogen) atoms. The molecule has 0 atom stereocenters. The number of methoxy groups -OCH3 is 1. The second-order valence-corrected chi connectivity index (χ2v) is 6.53. The van der Waals surface area contributed by atoms with Gasteiger partial charge in [-0.15, -0.1) is 0 Å². The van der Waals surface area contributed by atoms with Crippen LogP contribution in [0, 0.1) is 0 Å². The van der Waals surface area contributed by atoms with E-state index in [1.807, 2.05) is 18.2 Å². The summed E-state index contributed by atoms with van der Waals surface area (Å²) in [6, 6.07) is 31.3. The topological polar surface area (TPSA) is 21.3 Å². The molecule has 138 valence electrons. The molecule has 0 aromatic heterocycles. The van der Waals surface area contributed by atoms with E-state index >= 15 is 0 Å². The zero-order valence-corrected chi connectivity index (χ0v) is 15.8. The van der Waals surface area contributed by atoms with Crippen LogP contribution in [0.3, 0.4) is 0 Å². The van der Waals surface area contributed by atoms with Gasteiger partial charge in [-0.2, -0.15) is 0 Å². The van der Waals surface area contributed by atoms with Crippen LogP contribution in [0.1, 0.15) is 23.1 Å². The summed E-state index contributed by atoms with van der Waals surface area (Å²) in [4.78, 5) is 0. The monoisotopic (exact) mass is 357 g/mol. The van der Waals surface area contributed by atoms with Crippen LogP contribution in [0.2, 0.25) is 0 Å². The Morgan fingerprint density at radius 2 is 1.30 bits per heavy atom. The summed E-state index contributed by atoms with van der Waals surface area (Å²) in [5, 5.41) is 3.52. The number of hydrogen-bond acceptors (Lipinski definition) is 2. The van der Waals surface area contributed by atoms with Gasteiger partial charge in [0, 0.05) is 13.7 Å². The Morgan fingerprint density at radius 1 is 0.778 bits per heavy atom. The average molecular weight is 357 g/mol. The normalized spacial score (nSPS) is 11.7. The van der Waals surface area contributed by atoms with Gasteiger partial charge < -0.3 is 10.1 Å². The predicted molar refractivity (Wildman–Crippen MR) is 114 cm³/mol. The first-order chi connectivity index (χ1) is 13.3. The van der Waals surface area contributed by atoms with Crippen molar-refractivity contribution in [2.24, 2.45) is 0 Å². The standard InChI is InChI=1S/C25H27NO/c1-27-25(23-15-7-3-8-16-23,24-17-9-4-10-18-24)19-21-26-20-11-14-22-12-5-2-6-13-22/h2-18,26H,19-21H2,1H3. The van der Waals surface area contributed by atoms with Gasteiger partial charge in [-0.05, 0) is 29.7 Å². The van der Waals surface area contributed by atoms with E-state index in [1.54, 1.807) is 7.11 Å². The summed E-state index contributed by atoms with van der Waals surface area (Å²) >= 11 is 0. The summed E-state index contributed by atoms with van der Waals surface area (Å²) in [5.74, 6) is 0. The molecule has 0 radical (unpaired) electrons. The summed E-state index contributed by atoms with van der Waals surface area (Å²) in [5.41, 5.74) is 3.14. The van der Waals surface area contributed by atoms with Crippen LogP contribution >= 0.6 is 0 Å². The lowest BCUT2D eigenvalue weighted by molar-refractivity contribution is 0.0149. The molecule has 1 N–H and O–H groups in total. The molecule has 0 aliphatic carbocycles. The van der Waals surface area contributed by atoms with E-state index in [4.69, 9.17) is 4.74 Å².